The molecule has 0 aliphatic heterocycles. The normalized spacial score (nSPS) is 14.9. The highest BCUT2D eigenvalue weighted by atomic mass is 35.5. The lowest BCUT2D eigenvalue weighted by Crippen LogP contribution is -2.50. The Labute approximate surface area is 202 Å². The van der Waals surface area contributed by atoms with Crippen molar-refractivity contribution in [3.63, 3.8) is 0 Å². The second kappa shape index (κ2) is 11.9. The maximum absolute atomic E-state index is 13.3. The van der Waals surface area contributed by atoms with Gasteiger partial charge >= 0.3 is 0 Å². The number of carbonyl (C=O) groups excluding carboxylic acids is 2. The fourth-order valence-corrected chi connectivity index (χ4v) is 5.40. The van der Waals surface area contributed by atoms with Crippen LogP contribution in [0, 0.1) is 5.82 Å². The zero-order valence-corrected chi connectivity index (χ0v) is 20.3. The number of halogens is 3. The van der Waals surface area contributed by atoms with E-state index in [4.69, 9.17) is 23.2 Å². The quantitative estimate of drug-likeness (QED) is 0.474. The minimum absolute atomic E-state index is 0.161. The van der Waals surface area contributed by atoms with E-state index in [-0.39, 0.29) is 36.0 Å². The molecule has 0 heterocycles. The summed E-state index contributed by atoms with van der Waals surface area (Å²) in [5.74, 6) is -0.0185. The Morgan fingerprint density at radius 1 is 1.12 bits per heavy atom. The molecule has 8 heteroatoms. The van der Waals surface area contributed by atoms with E-state index < -0.39 is 6.04 Å². The first-order valence-corrected chi connectivity index (χ1v) is 12.6. The van der Waals surface area contributed by atoms with E-state index in [2.05, 4.69) is 5.32 Å². The van der Waals surface area contributed by atoms with E-state index in [0.717, 1.165) is 36.8 Å². The van der Waals surface area contributed by atoms with Crippen molar-refractivity contribution in [2.24, 2.45) is 0 Å². The molecule has 1 aliphatic carbocycles. The maximum atomic E-state index is 13.3. The lowest BCUT2D eigenvalue weighted by Gasteiger charge is -2.29. The summed E-state index contributed by atoms with van der Waals surface area (Å²) < 4.78 is 13.3. The second-order valence-corrected chi connectivity index (χ2v) is 9.81. The number of hydrogen-bond acceptors (Lipinski definition) is 3. The maximum Gasteiger partial charge on any atom is 0.242 e. The van der Waals surface area contributed by atoms with Gasteiger partial charge < -0.3 is 10.2 Å². The summed E-state index contributed by atoms with van der Waals surface area (Å²) in [7, 11) is 0. The van der Waals surface area contributed by atoms with Gasteiger partial charge in [-0.2, -0.15) is 0 Å². The van der Waals surface area contributed by atoms with Crippen LogP contribution in [0.2, 0.25) is 10.0 Å². The van der Waals surface area contributed by atoms with Gasteiger partial charge in [0, 0.05) is 28.4 Å². The van der Waals surface area contributed by atoms with Crippen molar-refractivity contribution in [1.82, 2.24) is 10.2 Å². The van der Waals surface area contributed by atoms with Crippen LogP contribution in [-0.2, 0) is 21.9 Å². The zero-order chi connectivity index (χ0) is 23.1. The lowest BCUT2D eigenvalue weighted by molar-refractivity contribution is -0.138. The number of carbonyl (C=O) groups is 2. The van der Waals surface area contributed by atoms with E-state index in [1.165, 1.54) is 23.9 Å². The molecular formula is C24H27Cl2FN2O2S. The predicted molar refractivity (Wildman–Crippen MR) is 129 cm³/mol. The minimum atomic E-state index is -0.641. The molecule has 1 saturated carbocycles. The molecule has 1 fully saturated rings. The first-order chi connectivity index (χ1) is 15.3. The van der Waals surface area contributed by atoms with Gasteiger partial charge in [-0.25, -0.2) is 4.39 Å². The Morgan fingerprint density at radius 3 is 2.38 bits per heavy atom. The van der Waals surface area contributed by atoms with E-state index in [0.29, 0.717) is 15.8 Å². The van der Waals surface area contributed by atoms with Gasteiger partial charge in [-0.15, -0.1) is 11.8 Å². The van der Waals surface area contributed by atoms with Crippen molar-refractivity contribution in [1.29, 1.82) is 0 Å². The van der Waals surface area contributed by atoms with Gasteiger partial charge in [0.25, 0.3) is 0 Å². The van der Waals surface area contributed by atoms with Crippen LogP contribution in [-0.4, -0.2) is 34.6 Å². The monoisotopic (exact) mass is 496 g/mol. The van der Waals surface area contributed by atoms with Crippen LogP contribution in [0.1, 0.15) is 43.7 Å². The molecule has 0 spiro atoms. The van der Waals surface area contributed by atoms with Crippen molar-refractivity contribution >= 4 is 46.8 Å². The summed E-state index contributed by atoms with van der Waals surface area (Å²) in [6.45, 7) is 1.97. The van der Waals surface area contributed by atoms with E-state index in [1.807, 2.05) is 0 Å². The third kappa shape index (κ3) is 6.87. The molecule has 1 N–H and O–H groups in total. The zero-order valence-electron chi connectivity index (χ0n) is 18.0. The SMILES string of the molecule is C[C@@H](C(=O)NC1CCCC1)N(Cc1ccc(F)cc1)C(=O)CSCc1c(Cl)cccc1Cl. The minimum Gasteiger partial charge on any atom is -0.352 e. The van der Waals surface area contributed by atoms with E-state index >= 15 is 0 Å². The molecule has 32 heavy (non-hydrogen) atoms. The first kappa shape index (κ1) is 24.9. The number of nitrogens with zero attached hydrogens (tertiary/aromatic N) is 1. The van der Waals surface area contributed by atoms with Crippen molar-refractivity contribution in [2.75, 3.05) is 5.75 Å². The van der Waals surface area contributed by atoms with E-state index in [9.17, 15) is 14.0 Å². The van der Waals surface area contributed by atoms with Crippen molar-refractivity contribution < 1.29 is 14.0 Å². The molecular weight excluding hydrogens is 470 g/mol. The molecule has 2 aromatic carbocycles. The number of nitrogens with one attached hydrogen (secondary N) is 1. The molecule has 2 amide bonds. The topological polar surface area (TPSA) is 49.4 Å². The summed E-state index contributed by atoms with van der Waals surface area (Å²) in [5.41, 5.74) is 1.55. The molecule has 0 radical (unpaired) electrons. The molecule has 0 saturated heterocycles. The smallest absolute Gasteiger partial charge is 0.242 e. The summed E-state index contributed by atoms with van der Waals surface area (Å²) in [5, 5.41) is 4.19. The standard InChI is InChI=1S/C24H27Cl2FN2O2S/c1-16(24(31)28-19-5-2-3-6-19)29(13-17-9-11-18(27)12-10-17)23(30)15-32-14-20-21(25)7-4-8-22(20)26/h4,7-12,16,19H,2-3,5-6,13-15H2,1H3,(H,28,31)/t16-/m0/s1. The number of benzene rings is 2. The summed E-state index contributed by atoms with van der Waals surface area (Å²) >= 11 is 13.8. The van der Waals surface area contributed by atoms with Crippen LogP contribution < -0.4 is 5.32 Å². The second-order valence-electron chi connectivity index (χ2n) is 8.01. The number of amides is 2. The molecule has 1 aliphatic rings. The Balaban J connectivity index is 1.67. The van der Waals surface area contributed by atoms with Crippen LogP contribution >= 0.6 is 35.0 Å². The van der Waals surface area contributed by atoms with Gasteiger partial charge in [0.1, 0.15) is 11.9 Å². The summed E-state index contributed by atoms with van der Waals surface area (Å²) in [4.78, 5) is 27.6. The summed E-state index contributed by atoms with van der Waals surface area (Å²) in [6, 6.07) is 10.8. The van der Waals surface area contributed by atoms with Gasteiger partial charge in [0.15, 0.2) is 0 Å². The number of thioether (sulfide) groups is 1. The third-order valence-electron chi connectivity index (χ3n) is 5.67. The molecule has 0 unspecified atom stereocenters. The molecule has 1 atom stereocenters. The third-order valence-corrected chi connectivity index (χ3v) is 7.32. The van der Waals surface area contributed by atoms with Crippen LogP contribution in [0.5, 0.6) is 0 Å². The fourth-order valence-electron chi connectivity index (χ4n) is 3.75. The molecule has 172 valence electrons. The summed E-state index contributed by atoms with van der Waals surface area (Å²) in [6.07, 6.45) is 4.16. The van der Waals surface area contributed by atoms with Gasteiger partial charge in [-0.3, -0.25) is 9.59 Å². The highest BCUT2D eigenvalue weighted by Gasteiger charge is 2.28. The molecule has 0 bridgehead atoms. The lowest BCUT2D eigenvalue weighted by atomic mass is 10.1. The van der Waals surface area contributed by atoms with Crippen molar-refractivity contribution in [3.8, 4) is 0 Å². The Hall–Kier alpha value is -1.76. The van der Waals surface area contributed by atoms with Crippen molar-refractivity contribution in [3.05, 3.63) is 69.5 Å². The average molecular weight is 497 g/mol. The first-order valence-electron chi connectivity index (χ1n) is 10.7. The molecule has 2 aromatic rings. The molecule has 3 rings (SSSR count). The van der Waals surface area contributed by atoms with Crippen LogP contribution in [0.25, 0.3) is 0 Å². The number of hydrogen-bond donors (Lipinski definition) is 1. The molecule has 4 nitrogen and oxygen atoms in total. The van der Waals surface area contributed by atoms with Crippen LogP contribution in [0.15, 0.2) is 42.5 Å². The van der Waals surface area contributed by atoms with Gasteiger partial charge in [0.05, 0.1) is 5.75 Å². The van der Waals surface area contributed by atoms with Gasteiger partial charge in [-0.1, -0.05) is 54.2 Å². The van der Waals surface area contributed by atoms with Crippen LogP contribution in [0.3, 0.4) is 0 Å². The fraction of sp³-hybridized carbons (Fsp3) is 0.417. The highest BCUT2D eigenvalue weighted by molar-refractivity contribution is 7.99. The molecule has 0 aromatic heterocycles. The van der Waals surface area contributed by atoms with E-state index in [1.54, 1.807) is 42.2 Å². The van der Waals surface area contributed by atoms with Crippen LogP contribution in [0.4, 0.5) is 4.39 Å². The highest BCUT2D eigenvalue weighted by Crippen LogP contribution is 2.28. The van der Waals surface area contributed by atoms with Gasteiger partial charge in [-0.05, 0) is 55.2 Å². The predicted octanol–water partition coefficient (Wildman–Crippen LogP) is 5.84. The number of rotatable bonds is 9. The Morgan fingerprint density at radius 2 is 1.75 bits per heavy atom. The van der Waals surface area contributed by atoms with Crippen molar-refractivity contribution in [2.45, 2.75) is 57.0 Å². The Bertz CT molecular complexity index is 916. The van der Waals surface area contributed by atoms with Gasteiger partial charge in [0.2, 0.25) is 11.8 Å². The average Bonchev–Trinajstić information content (AvgIpc) is 3.27. The Kier molecular flexibility index (Phi) is 9.26. The largest absolute Gasteiger partial charge is 0.352 e.